The van der Waals surface area contributed by atoms with Gasteiger partial charge in [-0.15, -0.1) is 0 Å². The van der Waals surface area contributed by atoms with Gasteiger partial charge in [-0.05, 0) is 67.8 Å². The molecule has 0 aliphatic rings. The lowest BCUT2D eigenvalue weighted by molar-refractivity contribution is 0.411. The third-order valence-corrected chi connectivity index (χ3v) is 5.28. The number of nitrogens with one attached hydrogen (secondary N) is 1. The summed E-state index contributed by atoms with van der Waals surface area (Å²) < 4.78 is 5.42. The molecule has 2 heterocycles. The molecule has 1 atom stereocenters. The van der Waals surface area contributed by atoms with Gasteiger partial charge in [-0.1, -0.05) is 24.3 Å². The molecule has 0 unspecified atom stereocenters. The van der Waals surface area contributed by atoms with Crippen molar-refractivity contribution in [2.75, 3.05) is 12.4 Å². The number of fused-ring (bicyclic) bond motifs is 1. The number of pyridine rings is 2. The van der Waals surface area contributed by atoms with E-state index in [1.807, 2.05) is 69.3 Å². The highest BCUT2D eigenvalue weighted by molar-refractivity contribution is 5.86. The first kappa shape index (κ1) is 19.7. The zero-order chi connectivity index (χ0) is 21.3. The van der Waals surface area contributed by atoms with E-state index in [-0.39, 0.29) is 11.8 Å². The van der Waals surface area contributed by atoms with E-state index in [0.29, 0.717) is 5.52 Å². The number of aromatic nitrogens is 2. The summed E-state index contributed by atoms with van der Waals surface area (Å²) in [4.78, 5) is 9.02. The monoisotopic (exact) mass is 399 g/mol. The van der Waals surface area contributed by atoms with Crippen LogP contribution in [0.3, 0.4) is 0 Å². The van der Waals surface area contributed by atoms with Gasteiger partial charge in [-0.25, -0.2) is 9.97 Å². The van der Waals surface area contributed by atoms with Crippen molar-refractivity contribution in [2.24, 2.45) is 0 Å². The number of methoxy groups -OCH3 is 1. The van der Waals surface area contributed by atoms with E-state index < -0.39 is 0 Å². The van der Waals surface area contributed by atoms with E-state index in [4.69, 9.17) is 4.74 Å². The molecule has 5 heteroatoms. The van der Waals surface area contributed by atoms with Crippen molar-refractivity contribution >= 4 is 16.7 Å². The van der Waals surface area contributed by atoms with E-state index >= 15 is 0 Å². The summed E-state index contributed by atoms with van der Waals surface area (Å²) in [5.41, 5.74) is 5.33. The van der Waals surface area contributed by atoms with E-state index in [0.717, 1.165) is 44.9 Å². The Morgan fingerprint density at radius 1 is 0.967 bits per heavy atom. The van der Waals surface area contributed by atoms with Crippen LogP contribution in [0.25, 0.3) is 10.9 Å². The lowest BCUT2D eigenvalue weighted by atomic mass is 9.94. The summed E-state index contributed by atoms with van der Waals surface area (Å²) in [6.45, 7) is 5.96. The Kier molecular flexibility index (Phi) is 5.27. The largest absolute Gasteiger partial charge is 0.505 e. The van der Waals surface area contributed by atoms with Gasteiger partial charge in [0.15, 0.2) is 0 Å². The normalized spacial score (nSPS) is 12.0. The zero-order valence-corrected chi connectivity index (χ0v) is 17.6. The number of aromatic hydroxyl groups is 1. The Labute approximate surface area is 176 Å². The number of anilines is 1. The van der Waals surface area contributed by atoms with Crippen LogP contribution in [0.15, 0.2) is 60.8 Å². The molecule has 0 spiro atoms. The first-order valence-electron chi connectivity index (χ1n) is 9.89. The summed E-state index contributed by atoms with van der Waals surface area (Å²) in [5, 5.41) is 15.6. The van der Waals surface area contributed by atoms with Gasteiger partial charge in [0.2, 0.25) is 0 Å². The molecule has 30 heavy (non-hydrogen) atoms. The molecule has 5 nitrogen and oxygen atoms in total. The second-order valence-corrected chi connectivity index (χ2v) is 7.55. The molecule has 0 saturated carbocycles. The summed E-state index contributed by atoms with van der Waals surface area (Å²) in [7, 11) is 1.66. The quantitative estimate of drug-likeness (QED) is 0.466. The Hall–Kier alpha value is -3.60. The van der Waals surface area contributed by atoms with Crippen LogP contribution in [-0.2, 0) is 0 Å². The van der Waals surface area contributed by atoms with E-state index in [1.165, 1.54) is 0 Å². The number of nitrogens with zero attached hydrogens (tertiary/aromatic N) is 2. The first-order chi connectivity index (χ1) is 14.5. The lowest BCUT2D eigenvalue weighted by Crippen LogP contribution is -2.14. The molecule has 0 radical (unpaired) electrons. The van der Waals surface area contributed by atoms with E-state index in [1.54, 1.807) is 13.3 Å². The van der Waals surface area contributed by atoms with Crippen molar-refractivity contribution in [2.45, 2.75) is 26.8 Å². The van der Waals surface area contributed by atoms with Crippen molar-refractivity contribution in [3.8, 4) is 11.5 Å². The predicted molar refractivity (Wildman–Crippen MR) is 120 cm³/mol. The predicted octanol–water partition coefficient (Wildman–Crippen LogP) is 5.47. The van der Waals surface area contributed by atoms with Gasteiger partial charge in [0.1, 0.15) is 22.8 Å². The summed E-state index contributed by atoms with van der Waals surface area (Å²) in [6, 6.07) is 17.5. The number of benzene rings is 2. The van der Waals surface area contributed by atoms with Gasteiger partial charge in [0.25, 0.3) is 0 Å². The topological polar surface area (TPSA) is 67.3 Å². The van der Waals surface area contributed by atoms with Gasteiger partial charge in [0, 0.05) is 22.8 Å². The van der Waals surface area contributed by atoms with Crippen LogP contribution in [-0.4, -0.2) is 22.2 Å². The van der Waals surface area contributed by atoms with Crippen molar-refractivity contribution in [1.29, 1.82) is 0 Å². The van der Waals surface area contributed by atoms with Gasteiger partial charge in [0.05, 0.1) is 13.2 Å². The van der Waals surface area contributed by atoms with Crippen LogP contribution in [0.2, 0.25) is 0 Å². The first-order valence-corrected chi connectivity index (χ1v) is 9.89. The van der Waals surface area contributed by atoms with Crippen LogP contribution < -0.4 is 10.1 Å². The maximum Gasteiger partial charge on any atom is 0.147 e. The molecule has 0 fully saturated rings. The number of rotatable bonds is 5. The summed E-state index contributed by atoms with van der Waals surface area (Å²) >= 11 is 0. The molecule has 0 aliphatic heterocycles. The number of ether oxygens (including phenoxy) is 1. The fourth-order valence-electron chi connectivity index (χ4n) is 3.70. The standard InChI is InChI=1S/C25H25N3O2/c1-15-11-12-26-22(13-15)28-23(19-8-10-21(30-4)16(2)14-19)20-9-7-18-6-5-17(3)27-24(18)25(20)29/h5-14,23,29H,1-4H3,(H,26,28)/t23-/m1/s1. The highest BCUT2D eigenvalue weighted by atomic mass is 16.5. The lowest BCUT2D eigenvalue weighted by Gasteiger charge is -2.23. The van der Waals surface area contributed by atoms with Crippen LogP contribution in [0.4, 0.5) is 5.82 Å². The fourth-order valence-corrected chi connectivity index (χ4v) is 3.70. The number of hydrogen-bond acceptors (Lipinski definition) is 5. The van der Waals surface area contributed by atoms with Gasteiger partial charge in [-0.2, -0.15) is 0 Å². The molecule has 2 N–H and O–H groups in total. The van der Waals surface area contributed by atoms with Crippen LogP contribution in [0.1, 0.15) is 34.0 Å². The molecule has 152 valence electrons. The smallest absolute Gasteiger partial charge is 0.147 e. The van der Waals surface area contributed by atoms with E-state index in [9.17, 15) is 5.11 Å². The van der Waals surface area contributed by atoms with Gasteiger partial charge < -0.3 is 15.2 Å². The summed E-state index contributed by atoms with van der Waals surface area (Å²) in [5.74, 6) is 1.74. The maximum absolute atomic E-state index is 11.2. The number of phenolic OH excluding ortho intramolecular Hbond substituents is 1. The highest BCUT2D eigenvalue weighted by Crippen LogP contribution is 2.37. The molecule has 4 aromatic rings. The zero-order valence-electron chi connectivity index (χ0n) is 17.6. The molecule has 0 amide bonds. The Morgan fingerprint density at radius 3 is 2.50 bits per heavy atom. The Balaban J connectivity index is 1.87. The third kappa shape index (κ3) is 3.79. The molecular formula is C25H25N3O2. The Bertz CT molecular complexity index is 1220. The molecule has 4 rings (SSSR count). The van der Waals surface area contributed by atoms with Gasteiger partial charge >= 0.3 is 0 Å². The minimum atomic E-state index is -0.310. The maximum atomic E-state index is 11.2. The molecule has 0 saturated heterocycles. The fraction of sp³-hybridized carbons (Fsp3) is 0.200. The van der Waals surface area contributed by atoms with Crippen LogP contribution in [0.5, 0.6) is 11.5 Å². The van der Waals surface area contributed by atoms with Crippen LogP contribution >= 0.6 is 0 Å². The molecule has 2 aromatic carbocycles. The van der Waals surface area contributed by atoms with Crippen molar-refractivity contribution in [1.82, 2.24) is 9.97 Å². The van der Waals surface area contributed by atoms with Crippen molar-refractivity contribution < 1.29 is 9.84 Å². The third-order valence-electron chi connectivity index (χ3n) is 5.28. The number of hydrogen-bond donors (Lipinski definition) is 2. The average molecular weight is 399 g/mol. The molecule has 0 aliphatic carbocycles. The molecule has 2 aromatic heterocycles. The van der Waals surface area contributed by atoms with Crippen molar-refractivity contribution in [3.63, 3.8) is 0 Å². The van der Waals surface area contributed by atoms with Gasteiger partial charge in [-0.3, -0.25) is 0 Å². The molecule has 0 bridgehead atoms. The summed E-state index contributed by atoms with van der Waals surface area (Å²) in [6.07, 6.45) is 1.78. The number of phenols is 1. The number of aryl methyl sites for hydroxylation is 3. The molecular weight excluding hydrogens is 374 g/mol. The second kappa shape index (κ2) is 8.03. The van der Waals surface area contributed by atoms with Crippen molar-refractivity contribution in [3.05, 3.63) is 88.7 Å². The minimum Gasteiger partial charge on any atom is -0.505 e. The minimum absolute atomic E-state index is 0.176. The highest BCUT2D eigenvalue weighted by Gasteiger charge is 2.21. The van der Waals surface area contributed by atoms with Crippen LogP contribution in [0, 0.1) is 20.8 Å². The SMILES string of the molecule is COc1ccc([C@@H](Nc2cc(C)ccn2)c2ccc3ccc(C)nc3c2O)cc1C. The average Bonchev–Trinajstić information content (AvgIpc) is 2.73. The van der Waals surface area contributed by atoms with E-state index in [2.05, 4.69) is 21.4 Å². The second-order valence-electron chi connectivity index (χ2n) is 7.55. The Morgan fingerprint density at radius 2 is 1.77 bits per heavy atom.